The molecule has 1 unspecified atom stereocenters. The third-order valence-electron chi connectivity index (χ3n) is 6.03. The zero-order valence-electron chi connectivity index (χ0n) is 18.3. The Morgan fingerprint density at radius 1 is 1.18 bits per heavy atom. The lowest BCUT2D eigenvalue weighted by atomic mass is 10.1. The molecular weight excluding hydrogens is 444 g/mol. The number of carboxylic acid groups (broad SMARTS) is 1. The highest BCUT2D eigenvalue weighted by atomic mass is 32.1. The second-order valence-corrected chi connectivity index (χ2v) is 9.18. The molecule has 9 nitrogen and oxygen atoms in total. The van der Waals surface area contributed by atoms with E-state index in [1.165, 1.54) is 21.8 Å². The highest BCUT2D eigenvalue weighted by molar-refractivity contribution is 7.12. The van der Waals surface area contributed by atoms with E-state index in [1.807, 2.05) is 5.38 Å². The second-order valence-electron chi connectivity index (χ2n) is 8.30. The molecule has 4 N–H and O–H groups in total. The molecule has 1 atom stereocenters. The van der Waals surface area contributed by atoms with Gasteiger partial charge in [-0.3, -0.25) is 19.3 Å². The number of hydrogen-bond acceptors (Lipinski definition) is 7. The lowest BCUT2D eigenvalue weighted by Crippen LogP contribution is -2.45. The molecule has 2 amide bonds. The fourth-order valence-electron chi connectivity index (χ4n) is 4.18. The average Bonchev–Trinajstić information content (AvgIpc) is 3.34. The molecule has 0 radical (unpaired) electrons. The number of aliphatic carboxylic acids is 1. The van der Waals surface area contributed by atoms with Crippen molar-refractivity contribution in [2.24, 2.45) is 5.73 Å². The highest BCUT2D eigenvalue weighted by Crippen LogP contribution is 2.36. The van der Waals surface area contributed by atoms with E-state index in [4.69, 9.17) is 15.6 Å². The van der Waals surface area contributed by atoms with Crippen molar-refractivity contribution in [1.82, 2.24) is 9.80 Å². The summed E-state index contributed by atoms with van der Waals surface area (Å²) in [6.45, 7) is 5.24. The number of nitrogens with one attached hydrogen (secondary N) is 1. The molecule has 0 aliphatic carbocycles. The Morgan fingerprint density at radius 2 is 1.88 bits per heavy atom. The number of amides is 2. The number of anilines is 1. The molecule has 3 heterocycles. The first-order valence-corrected chi connectivity index (χ1v) is 11.8. The normalized spacial score (nSPS) is 17.1. The molecule has 1 saturated heterocycles. The van der Waals surface area contributed by atoms with Gasteiger partial charge in [-0.05, 0) is 17.5 Å². The lowest BCUT2D eigenvalue weighted by molar-refractivity contribution is -0.137. The van der Waals surface area contributed by atoms with Gasteiger partial charge in [0, 0.05) is 43.5 Å². The summed E-state index contributed by atoms with van der Waals surface area (Å²) in [5, 5.41) is 14.2. The Balaban J connectivity index is 1.36. The number of carbonyl (C=O) groups excluding carboxylic acids is 2. The number of nitrogens with two attached hydrogens (primary N) is 1. The molecule has 1 fully saturated rings. The van der Waals surface area contributed by atoms with Gasteiger partial charge in [-0.25, -0.2) is 0 Å². The number of ether oxygens (including phenoxy) is 1. The summed E-state index contributed by atoms with van der Waals surface area (Å²) in [5.41, 5.74) is 9.53. The number of thiophene rings is 1. The quantitative estimate of drug-likeness (QED) is 0.482. The van der Waals surface area contributed by atoms with Gasteiger partial charge in [0.25, 0.3) is 5.91 Å². The number of benzene rings is 1. The van der Waals surface area contributed by atoms with Crippen LogP contribution in [0.2, 0.25) is 0 Å². The number of hydrogen-bond donors (Lipinski definition) is 3. The maximum absolute atomic E-state index is 12.8. The number of rotatable bonds is 10. The monoisotopic (exact) mass is 472 g/mol. The van der Waals surface area contributed by atoms with Crippen LogP contribution in [0.15, 0.2) is 29.6 Å². The number of carbonyl (C=O) groups is 3. The first-order chi connectivity index (χ1) is 15.9. The van der Waals surface area contributed by atoms with Crippen molar-refractivity contribution in [1.29, 1.82) is 0 Å². The van der Waals surface area contributed by atoms with Gasteiger partial charge in [-0.2, -0.15) is 0 Å². The van der Waals surface area contributed by atoms with Crippen LogP contribution < -0.4 is 11.1 Å². The van der Waals surface area contributed by atoms with Crippen molar-refractivity contribution in [3.8, 4) is 0 Å². The summed E-state index contributed by atoms with van der Waals surface area (Å²) in [7, 11) is 0. The summed E-state index contributed by atoms with van der Waals surface area (Å²) < 4.78 is 5.40. The van der Waals surface area contributed by atoms with Gasteiger partial charge >= 0.3 is 5.97 Å². The van der Waals surface area contributed by atoms with Gasteiger partial charge in [0.1, 0.15) is 6.04 Å². The van der Waals surface area contributed by atoms with E-state index in [9.17, 15) is 14.4 Å². The molecule has 0 bridgehead atoms. The molecule has 176 valence electrons. The van der Waals surface area contributed by atoms with E-state index in [-0.39, 0.29) is 25.3 Å². The summed E-state index contributed by atoms with van der Waals surface area (Å²) in [6.07, 6.45) is -0.220. The van der Waals surface area contributed by atoms with Crippen molar-refractivity contribution in [2.45, 2.75) is 38.5 Å². The third-order valence-corrected chi connectivity index (χ3v) is 7.04. The van der Waals surface area contributed by atoms with Crippen molar-refractivity contribution in [3.63, 3.8) is 0 Å². The van der Waals surface area contributed by atoms with Crippen molar-refractivity contribution < 1.29 is 24.2 Å². The molecule has 2 aliphatic heterocycles. The Hall–Kier alpha value is -2.95. The van der Waals surface area contributed by atoms with Gasteiger partial charge in [-0.15, -0.1) is 11.3 Å². The number of morpholine rings is 1. The topological polar surface area (TPSA) is 125 Å². The van der Waals surface area contributed by atoms with Gasteiger partial charge in [0.05, 0.1) is 30.3 Å². The standard InChI is InChI=1S/C23H28N4O5S/c24-22(30)19(5-6-20(28)29)27-13-17-18(14-33-21(17)23(27)31)25-11-15-1-3-16(4-2-15)12-26-7-9-32-10-8-26/h1-4,14,19,25H,5-13H2,(H2,24,30)(H,28,29). The van der Waals surface area contributed by atoms with Gasteiger partial charge in [0.15, 0.2) is 0 Å². The van der Waals surface area contributed by atoms with Crippen LogP contribution in [0, 0.1) is 0 Å². The van der Waals surface area contributed by atoms with Crippen LogP contribution in [-0.2, 0) is 34.0 Å². The van der Waals surface area contributed by atoms with Gasteiger partial charge in [-0.1, -0.05) is 24.3 Å². The molecule has 2 aromatic rings. The van der Waals surface area contributed by atoms with Crippen LogP contribution in [0.25, 0.3) is 0 Å². The Morgan fingerprint density at radius 3 is 2.55 bits per heavy atom. The molecule has 1 aromatic carbocycles. The average molecular weight is 473 g/mol. The van der Waals surface area contributed by atoms with Crippen LogP contribution >= 0.6 is 11.3 Å². The van der Waals surface area contributed by atoms with Gasteiger partial charge in [0.2, 0.25) is 5.91 Å². The van der Waals surface area contributed by atoms with Crippen LogP contribution in [-0.4, -0.2) is 65.0 Å². The summed E-state index contributed by atoms with van der Waals surface area (Å²) in [4.78, 5) is 39.9. The van der Waals surface area contributed by atoms with E-state index in [2.05, 4.69) is 34.5 Å². The predicted octanol–water partition coefficient (Wildman–Crippen LogP) is 1.87. The molecule has 0 spiro atoms. The molecule has 4 rings (SSSR count). The SMILES string of the molecule is NC(=O)C(CCC(=O)O)N1Cc2c(NCc3ccc(CN4CCOCC4)cc3)csc2C1=O. The maximum atomic E-state index is 12.8. The molecular formula is C23H28N4O5S. The summed E-state index contributed by atoms with van der Waals surface area (Å²) >= 11 is 1.32. The Bertz CT molecular complexity index is 1020. The Labute approximate surface area is 196 Å². The minimum atomic E-state index is -1.03. The van der Waals surface area contributed by atoms with Crippen LogP contribution in [0.3, 0.4) is 0 Å². The van der Waals surface area contributed by atoms with E-state index in [0.717, 1.165) is 49.7 Å². The van der Waals surface area contributed by atoms with Crippen molar-refractivity contribution >= 4 is 34.8 Å². The minimum absolute atomic E-state index is 0.00487. The minimum Gasteiger partial charge on any atom is -0.481 e. The zero-order valence-corrected chi connectivity index (χ0v) is 19.1. The predicted molar refractivity (Wildman–Crippen MR) is 124 cm³/mol. The van der Waals surface area contributed by atoms with Crippen LogP contribution in [0.1, 0.15) is 39.2 Å². The summed E-state index contributed by atoms with van der Waals surface area (Å²) in [5.74, 6) is -1.99. The molecule has 2 aliphatic rings. The fourth-order valence-corrected chi connectivity index (χ4v) is 5.18. The molecule has 10 heteroatoms. The van der Waals surface area contributed by atoms with E-state index in [1.54, 1.807) is 0 Å². The lowest BCUT2D eigenvalue weighted by Gasteiger charge is -2.26. The number of fused-ring (bicyclic) bond motifs is 1. The second kappa shape index (κ2) is 10.3. The maximum Gasteiger partial charge on any atom is 0.303 e. The van der Waals surface area contributed by atoms with Crippen molar-refractivity contribution in [2.75, 3.05) is 31.6 Å². The smallest absolute Gasteiger partial charge is 0.303 e. The Kier molecular flexibility index (Phi) is 7.26. The molecule has 0 saturated carbocycles. The van der Waals surface area contributed by atoms with Crippen LogP contribution in [0.4, 0.5) is 5.69 Å². The summed E-state index contributed by atoms with van der Waals surface area (Å²) in [6, 6.07) is 7.54. The largest absolute Gasteiger partial charge is 0.481 e. The number of nitrogens with zero attached hydrogens (tertiary/aromatic N) is 2. The highest BCUT2D eigenvalue weighted by Gasteiger charge is 2.38. The molecule has 1 aromatic heterocycles. The number of primary amides is 1. The van der Waals surface area contributed by atoms with E-state index >= 15 is 0 Å². The van der Waals surface area contributed by atoms with Gasteiger partial charge < -0.3 is 25.8 Å². The fraction of sp³-hybridized carbons (Fsp3) is 0.435. The first-order valence-electron chi connectivity index (χ1n) is 11.0. The van der Waals surface area contributed by atoms with E-state index < -0.39 is 17.9 Å². The molecule has 33 heavy (non-hydrogen) atoms. The zero-order chi connectivity index (χ0) is 23.4. The van der Waals surface area contributed by atoms with Crippen molar-refractivity contribution in [3.05, 3.63) is 51.2 Å². The van der Waals surface area contributed by atoms with E-state index in [0.29, 0.717) is 11.4 Å². The third kappa shape index (κ3) is 5.52. The first kappa shape index (κ1) is 23.2. The number of carboxylic acids is 1. The van der Waals surface area contributed by atoms with Crippen LogP contribution in [0.5, 0.6) is 0 Å².